The summed E-state index contributed by atoms with van der Waals surface area (Å²) in [6.45, 7) is 8.85. The van der Waals surface area contributed by atoms with Gasteiger partial charge in [0.25, 0.3) is 0 Å². The molecule has 0 radical (unpaired) electrons. The second-order valence-corrected chi connectivity index (χ2v) is 9.65. The molecule has 1 aliphatic carbocycles. The number of fused-ring (bicyclic) bond motifs is 3. The highest BCUT2D eigenvalue weighted by Crippen LogP contribution is 2.39. The zero-order valence-electron chi connectivity index (χ0n) is 21.9. The van der Waals surface area contributed by atoms with Gasteiger partial charge in [0.15, 0.2) is 0 Å². The van der Waals surface area contributed by atoms with E-state index in [2.05, 4.69) is 81.4 Å². The smallest absolute Gasteiger partial charge is 0.302 e. The Hall–Kier alpha value is -4.05. The zero-order chi connectivity index (χ0) is 25.9. The van der Waals surface area contributed by atoms with Gasteiger partial charge >= 0.3 is 5.97 Å². The van der Waals surface area contributed by atoms with Gasteiger partial charge in [0.1, 0.15) is 31.3 Å². The average molecular weight is 493 g/mol. The molecule has 0 saturated heterocycles. The maximum absolute atomic E-state index is 11.0. The van der Waals surface area contributed by atoms with Crippen LogP contribution in [0.2, 0.25) is 0 Å². The van der Waals surface area contributed by atoms with Gasteiger partial charge in [-0.05, 0) is 107 Å². The molecule has 0 atom stereocenters. The molecule has 0 unspecified atom stereocenters. The minimum absolute atomic E-state index is 0.243. The summed E-state index contributed by atoms with van der Waals surface area (Å²) >= 11 is 0. The third kappa shape index (κ3) is 5.24. The number of rotatable bonds is 8. The SMILES string of the molecule is CC(=O)OCCOc1cc(C)c(-c2cccc(COc3ccc4c(c3)-c3ccccc3C4)c2C)c(C)c1. The van der Waals surface area contributed by atoms with Crippen molar-refractivity contribution in [2.24, 2.45) is 0 Å². The lowest BCUT2D eigenvalue weighted by atomic mass is 9.90. The van der Waals surface area contributed by atoms with Gasteiger partial charge < -0.3 is 14.2 Å². The summed E-state index contributed by atoms with van der Waals surface area (Å²) in [6.07, 6.45) is 0.988. The summed E-state index contributed by atoms with van der Waals surface area (Å²) in [5.74, 6) is 1.37. The topological polar surface area (TPSA) is 44.8 Å². The number of ether oxygens (including phenoxy) is 3. The maximum atomic E-state index is 11.0. The minimum atomic E-state index is -0.299. The van der Waals surface area contributed by atoms with E-state index in [1.165, 1.54) is 51.4 Å². The highest BCUT2D eigenvalue weighted by Gasteiger charge is 2.18. The van der Waals surface area contributed by atoms with Crippen LogP contribution in [0.25, 0.3) is 22.3 Å². The fourth-order valence-electron chi connectivity index (χ4n) is 5.24. The van der Waals surface area contributed by atoms with E-state index < -0.39 is 0 Å². The standard InChI is InChI=1S/C33H32O4/c1-21-16-29(36-15-14-35-24(4)34)17-22(2)33(21)30-11-7-9-27(23(30)3)20-37-28-13-12-26-18-25-8-5-6-10-31(25)32(26)19-28/h5-13,16-17,19H,14-15,18,20H2,1-4H3. The Morgan fingerprint density at radius 2 is 1.46 bits per heavy atom. The molecule has 0 aliphatic heterocycles. The number of hydrogen-bond donors (Lipinski definition) is 0. The lowest BCUT2D eigenvalue weighted by molar-refractivity contribution is -0.141. The third-order valence-corrected chi connectivity index (χ3v) is 7.04. The van der Waals surface area contributed by atoms with E-state index in [-0.39, 0.29) is 12.6 Å². The van der Waals surface area contributed by atoms with Crippen molar-refractivity contribution in [3.05, 3.63) is 106 Å². The molecule has 188 valence electrons. The van der Waals surface area contributed by atoms with Crippen LogP contribution in [0.15, 0.2) is 72.8 Å². The fraction of sp³-hybridized carbons (Fsp3) is 0.242. The van der Waals surface area contributed by atoms with Gasteiger partial charge in [-0.15, -0.1) is 0 Å². The molecule has 4 nitrogen and oxygen atoms in total. The molecule has 0 N–H and O–H groups in total. The first-order chi connectivity index (χ1) is 17.9. The molecule has 4 aromatic rings. The quantitative estimate of drug-likeness (QED) is 0.168. The number of esters is 1. The van der Waals surface area contributed by atoms with E-state index in [0.29, 0.717) is 13.2 Å². The fourth-order valence-corrected chi connectivity index (χ4v) is 5.24. The Morgan fingerprint density at radius 3 is 2.24 bits per heavy atom. The summed E-state index contributed by atoms with van der Waals surface area (Å²) < 4.78 is 17.1. The number of aryl methyl sites for hydroxylation is 2. The molecule has 0 fully saturated rings. The normalized spacial score (nSPS) is 11.6. The molecule has 0 bridgehead atoms. The van der Waals surface area contributed by atoms with Crippen LogP contribution in [-0.2, 0) is 22.6 Å². The molecule has 5 rings (SSSR count). The number of hydrogen-bond acceptors (Lipinski definition) is 4. The summed E-state index contributed by atoms with van der Waals surface area (Å²) in [5, 5.41) is 0. The predicted octanol–water partition coefficient (Wildman–Crippen LogP) is 7.37. The lowest BCUT2D eigenvalue weighted by Crippen LogP contribution is -2.09. The Labute approximate surface area is 218 Å². The van der Waals surface area contributed by atoms with Gasteiger partial charge in [-0.25, -0.2) is 0 Å². The summed E-state index contributed by atoms with van der Waals surface area (Å²) in [7, 11) is 0. The van der Waals surface area contributed by atoms with Crippen molar-refractivity contribution in [1.29, 1.82) is 0 Å². The number of carbonyl (C=O) groups excluding carboxylic acids is 1. The maximum Gasteiger partial charge on any atom is 0.302 e. The van der Waals surface area contributed by atoms with Crippen LogP contribution in [-0.4, -0.2) is 19.2 Å². The summed E-state index contributed by atoms with van der Waals surface area (Å²) in [6, 6.07) is 25.5. The molecule has 0 aromatic heterocycles. The van der Waals surface area contributed by atoms with Gasteiger partial charge in [-0.1, -0.05) is 48.5 Å². The van der Waals surface area contributed by atoms with Gasteiger partial charge in [0.05, 0.1) is 0 Å². The van der Waals surface area contributed by atoms with Crippen LogP contribution < -0.4 is 9.47 Å². The second-order valence-electron chi connectivity index (χ2n) is 9.65. The molecule has 1 aliphatic rings. The van der Waals surface area contributed by atoms with Crippen molar-refractivity contribution in [3.8, 4) is 33.8 Å². The van der Waals surface area contributed by atoms with E-state index >= 15 is 0 Å². The van der Waals surface area contributed by atoms with Gasteiger partial charge in [0, 0.05) is 6.92 Å². The van der Waals surface area contributed by atoms with E-state index in [1.54, 1.807) is 0 Å². The van der Waals surface area contributed by atoms with Crippen molar-refractivity contribution in [3.63, 3.8) is 0 Å². The van der Waals surface area contributed by atoms with E-state index in [9.17, 15) is 4.79 Å². The van der Waals surface area contributed by atoms with Crippen LogP contribution in [0.1, 0.15) is 40.3 Å². The van der Waals surface area contributed by atoms with Crippen LogP contribution in [0.4, 0.5) is 0 Å². The van der Waals surface area contributed by atoms with Crippen molar-refractivity contribution in [1.82, 2.24) is 0 Å². The molecular weight excluding hydrogens is 460 g/mol. The second kappa shape index (κ2) is 10.5. The Bertz CT molecular complexity index is 1440. The van der Waals surface area contributed by atoms with Crippen molar-refractivity contribution in [2.45, 2.75) is 40.7 Å². The molecule has 0 amide bonds. The Morgan fingerprint density at radius 1 is 0.730 bits per heavy atom. The molecular formula is C33H32O4. The van der Waals surface area contributed by atoms with Crippen LogP contribution in [0.3, 0.4) is 0 Å². The molecule has 0 spiro atoms. The molecule has 4 heteroatoms. The van der Waals surface area contributed by atoms with E-state index in [1.807, 2.05) is 12.1 Å². The van der Waals surface area contributed by atoms with Crippen molar-refractivity contribution >= 4 is 5.97 Å². The molecule has 4 aromatic carbocycles. The van der Waals surface area contributed by atoms with E-state index in [0.717, 1.165) is 29.0 Å². The largest absolute Gasteiger partial charge is 0.490 e. The van der Waals surface area contributed by atoms with Crippen LogP contribution in [0.5, 0.6) is 11.5 Å². The Balaban J connectivity index is 1.33. The summed E-state index contributed by atoms with van der Waals surface area (Å²) in [4.78, 5) is 11.0. The average Bonchev–Trinajstić information content (AvgIpc) is 3.24. The monoisotopic (exact) mass is 492 g/mol. The highest BCUT2D eigenvalue weighted by molar-refractivity contribution is 5.78. The Kier molecular flexibility index (Phi) is 7.00. The first-order valence-electron chi connectivity index (χ1n) is 12.7. The molecule has 37 heavy (non-hydrogen) atoms. The van der Waals surface area contributed by atoms with Crippen molar-refractivity contribution in [2.75, 3.05) is 13.2 Å². The lowest BCUT2D eigenvalue weighted by Gasteiger charge is -2.18. The first-order valence-corrected chi connectivity index (χ1v) is 12.7. The zero-order valence-corrected chi connectivity index (χ0v) is 21.9. The van der Waals surface area contributed by atoms with Gasteiger partial charge in [0.2, 0.25) is 0 Å². The minimum Gasteiger partial charge on any atom is -0.490 e. The van der Waals surface area contributed by atoms with Gasteiger partial charge in [-0.2, -0.15) is 0 Å². The van der Waals surface area contributed by atoms with Gasteiger partial charge in [-0.3, -0.25) is 4.79 Å². The number of carbonyl (C=O) groups is 1. The van der Waals surface area contributed by atoms with Crippen LogP contribution >= 0.6 is 0 Å². The van der Waals surface area contributed by atoms with Crippen LogP contribution in [0, 0.1) is 20.8 Å². The van der Waals surface area contributed by atoms with Crippen molar-refractivity contribution < 1.29 is 19.0 Å². The molecule has 0 heterocycles. The summed E-state index contributed by atoms with van der Waals surface area (Å²) in [5.41, 5.74) is 12.4. The number of benzene rings is 4. The third-order valence-electron chi connectivity index (χ3n) is 7.04. The van der Waals surface area contributed by atoms with E-state index in [4.69, 9.17) is 14.2 Å². The predicted molar refractivity (Wildman–Crippen MR) is 147 cm³/mol. The highest BCUT2D eigenvalue weighted by atomic mass is 16.6. The first kappa shape index (κ1) is 24.6. The molecule has 0 saturated carbocycles.